The molecule has 1 saturated heterocycles. The SMILES string of the molecule is COc1ccc(N2C(=O)C[C@@H](Nc3cccc(OC)c3)C2=O)cc1. The van der Waals surface area contributed by atoms with Crippen LogP contribution in [-0.4, -0.2) is 32.1 Å². The molecular formula is C18H18N2O4. The Hall–Kier alpha value is -3.02. The highest BCUT2D eigenvalue weighted by Crippen LogP contribution is 2.27. The van der Waals surface area contributed by atoms with Gasteiger partial charge >= 0.3 is 0 Å². The van der Waals surface area contributed by atoms with Crippen molar-refractivity contribution in [2.24, 2.45) is 0 Å². The zero-order valence-corrected chi connectivity index (χ0v) is 13.5. The Morgan fingerprint density at radius 1 is 1.00 bits per heavy atom. The zero-order valence-electron chi connectivity index (χ0n) is 13.5. The van der Waals surface area contributed by atoms with E-state index in [0.29, 0.717) is 17.2 Å². The molecule has 1 heterocycles. The van der Waals surface area contributed by atoms with Gasteiger partial charge in [-0.15, -0.1) is 0 Å². The zero-order chi connectivity index (χ0) is 17.1. The van der Waals surface area contributed by atoms with Gasteiger partial charge in [-0.1, -0.05) is 6.07 Å². The van der Waals surface area contributed by atoms with Crippen LogP contribution in [0.2, 0.25) is 0 Å². The van der Waals surface area contributed by atoms with Gasteiger partial charge in [0, 0.05) is 11.8 Å². The van der Waals surface area contributed by atoms with Crippen molar-refractivity contribution in [3.05, 3.63) is 48.5 Å². The van der Waals surface area contributed by atoms with Gasteiger partial charge < -0.3 is 14.8 Å². The topological polar surface area (TPSA) is 67.9 Å². The van der Waals surface area contributed by atoms with Crippen LogP contribution in [-0.2, 0) is 9.59 Å². The highest BCUT2D eigenvalue weighted by Gasteiger charge is 2.39. The third-order valence-corrected chi connectivity index (χ3v) is 3.89. The number of hydrogen-bond acceptors (Lipinski definition) is 5. The van der Waals surface area contributed by atoms with Crippen LogP contribution in [0.5, 0.6) is 11.5 Å². The molecule has 1 atom stereocenters. The summed E-state index contributed by atoms with van der Waals surface area (Å²) in [6, 6.07) is 13.5. The molecule has 0 spiro atoms. The molecule has 2 aromatic rings. The number of methoxy groups -OCH3 is 2. The first-order valence-corrected chi connectivity index (χ1v) is 7.54. The van der Waals surface area contributed by atoms with Crippen molar-refractivity contribution in [1.82, 2.24) is 0 Å². The lowest BCUT2D eigenvalue weighted by Crippen LogP contribution is -2.34. The number of hydrogen-bond donors (Lipinski definition) is 1. The summed E-state index contributed by atoms with van der Waals surface area (Å²) in [6.07, 6.45) is 0.113. The number of benzene rings is 2. The molecule has 24 heavy (non-hydrogen) atoms. The highest BCUT2D eigenvalue weighted by molar-refractivity contribution is 6.23. The molecule has 1 N–H and O–H groups in total. The second kappa shape index (κ2) is 6.62. The maximum atomic E-state index is 12.6. The third kappa shape index (κ3) is 3.03. The number of carbonyl (C=O) groups excluding carboxylic acids is 2. The summed E-state index contributed by atoms with van der Waals surface area (Å²) < 4.78 is 10.3. The fraction of sp³-hybridized carbons (Fsp3) is 0.222. The first kappa shape index (κ1) is 15.9. The Labute approximate surface area is 140 Å². The molecule has 0 saturated carbocycles. The van der Waals surface area contributed by atoms with Crippen molar-refractivity contribution in [3.63, 3.8) is 0 Å². The molecule has 0 radical (unpaired) electrons. The van der Waals surface area contributed by atoms with E-state index in [0.717, 1.165) is 5.69 Å². The molecule has 0 aromatic heterocycles. The number of imide groups is 1. The molecule has 0 bridgehead atoms. The Morgan fingerprint density at radius 2 is 1.71 bits per heavy atom. The lowest BCUT2D eigenvalue weighted by Gasteiger charge is -2.16. The number of anilines is 2. The van der Waals surface area contributed by atoms with E-state index in [2.05, 4.69) is 5.32 Å². The standard InChI is InChI=1S/C18H18N2O4/c1-23-14-8-6-13(7-9-14)20-17(21)11-16(18(20)22)19-12-4-3-5-15(10-12)24-2/h3-10,16,19H,11H2,1-2H3/t16-/m1/s1. The second-order valence-electron chi connectivity index (χ2n) is 5.40. The van der Waals surface area contributed by atoms with Gasteiger partial charge in [-0.25, -0.2) is 4.90 Å². The maximum absolute atomic E-state index is 12.6. The summed E-state index contributed by atoms with van der Waals surface area (Å²) >= 11 is 0. The van der Waals surface area contributed by atoms with Gasteiger partial charge in [-0.3, -0.25) is 9.59 Å². The predicted molar refractivity (Wildman–Crippen MR) is 90.5 cm³/mol. The molecule has 6 heteroatoms. The van der Waals surface area contributed by atoms with Crippen molar-refractivity contribution in [2.75, 3.05) is 24.4 Å². The number of ether oxygens (including phenoxy) is 2. The van der Waals surface area contributed by atoms with E-state index in [-0.39, 0.29) is 18.2 Å². The maximum Gasteiger partial charge on any atom is 0.256 e. The van der Waals surface area contributed by atoms with Crippen LogP contribution >= 0.6 is 0 Å². The summed E-state index contributed by atoms with van der Waals surface area (Å²) in [6.45, 7) is 0. The van der Waals surface area contributed by atoms with Gasteiger partial charge in [-0.2, -0.15) is 0 Å². The van der Waals surface area contributed by atoms with E-state index in [1.165, 1.54) is 4.90 Å². The average molecular weight is 326 g/mol. The van der Waals surface area contributed by atoms with Crippen molar-refractivity contribution < 1.29 is 19.1 Å². The fourth-order valence-corrected chi connectivity index (χ4v) is 2.66. The summed E-state index contributed by atoms with van der Waals surface area (Å²) in [4.78, 5) is 26.1. The van der Waals surface area contributed by atoms with Crippen LogP contribution in [0.15, 0.2) is 48.5 Å². The van der Waals surface area contributed by atoms with E-state index >= 15 is 0 Å². The van der Waals surface area contributed by atoms with Crippen LogP contribution in [0.25, 0.3) is 0 Å². The molecule has 1 aliphatic rings. The first-order chi connectivity index (χ1) is 11.6. The van der Waals surface area contributed by atoms with Gasteiger partial charge in [0.2, 0.25) is 5.91 Å². The predicted octanol–water partition coefficient (Wildman–Crippen LogP) is 2.45. The van der Waals surface area contributed by atoms with Gasteiger partial charge in [0.05, 0.1) is 26.3 Å². The first-order valence-electron chi connectivity index (χ1n) is 7.54. The number of nitrogens with zero attached hydrogens (tertiary/aromatic N) is 1. The minimum absolute atomic E-state index is 0.113. The van der Waals surface area contributed by atoms with Crippen LogP contribution in [0, 0.1) is 0 Å². The summed E-state index contributed by atoms with van der Waals surface area (Å²) in [7, 11) is 3.14. The Bertz CT molecular complexity index is 758. The molecular weight excluding hydrogens is 308 g/mol. The van der Waals surface area contributed by atoms with Gasteiger partial charge in [0.15, 0.2) is 0 Å². The highest BCUT2D eigenvalue weighted by atomic mass is 16.5. The third-order valence-electron chi connectivity index (χ3n) is 3.89. The van der Waals surface area contributed by atoms with Gasteiger partial charge in [0.1, 0.15) is 17.5 Å². The minimum atomic E-state index is -0.591. The van der Waals surface area contributed by atoms with E-state index in [4.69, 9.17) is 9.47 Å². The number of carbonyl (C=O) groups is 2. The summed E-state index contributed by atoms with van der Waals surface area (Å²) in [5.74, 6) is 0.853. The van der Waals surface area contributed by atoms with Crippen molar-refractivity contribution in [2.45, 2.75) is 12.5 Å². The van der Waals surface area contributed by atoms with Crippen molar-refractivity contribution >= 4 is 23.2 Å². The summed E-state index contributed by atoms with van der Waals surface area (Å²) in [5.41, 5.74) is 1.28. The van der Waals surface area contributed by atoms with E-state index in [1.54, 1.807) is 44.6 Å². The number of amides is 2. The normalized spacial score (nSPS) is 17.1. The van der Waals surface area contributed by atoms with E-state index in [9.17, 15) is 9.59 Å². The molecule has 3 rings (SSSR count). The average Bonchev–Trinajstić information content (AvgIpc) is 2.89. The Balaban J connectivity index is 1.77. The molecule has 124 valence electrons. The summed E-state index contributed by atoms with van der Waals surface area (Å²) in [5, 5.41) is 3.10. The van der Waals surface area contributed by atoms with Crippen molar-refractivity contribution in [1.29, 1.82) is 0 Å². The molecule has 1 fully saturated rings. The fourth-order valence-electron chi connectivity index (χ4n) is 2.66. The quantitative estimate of drug-likeness (QED) is 0.855. The van der Waals surface area contributed by atoms with Crippen LogP contribution in [0.1, 0.15) is 6.42 Å². The van der Waals surface area contributed by atoms with Gasteiger partial charge in [-0.05, 0) is 36.4 Å². The monoisotopic (exact) mass is 326 g/mol. The minimum Gasteiger partial charge on any atom is -0.497 e. The largest absolute Gasteiger partial charge is 0.497 e. The molecule has 0 aliphatic carbocycles. The molecule has 2 amide bonds. The lowest BCUT2D eigenvalue weighted by atomic mass is 10.2. The smallest absolute Gasteiger partial charge is 0.256 e. The number of rotatable bonds is 5. The Kier molecular flexibility index (Phi) is 4.37. The molecule has 2 aromatic carbocycles. The second-order valence-corrected chi connectivity index (χ2v) is 5.40. The van der Waals surface area contributed by atoms with Crippen molar-refractivity contribution in [3.8, 4) is 11.5 Å². The molecule has 6 nitrogen and oxygen atoms in total. The van der Waals surface area contributed by atoms with Crippen LogP contribution in [0.4, 0.5) is 11.4 Å². The van der Waals surface area contributed by atoms with Gasteiger partial charge in [0.25, 0.3) is 5.91 Å². The van der Waals surface area contributed by atoms with Crippen LogP contribution < -0.4 is 19.7 Å². The number of nitrogens with one attached hydrogen (secondary N) is 1. The lowest BCUT2D eigenvalue weighted by molar-refractivity contribution is -0.121. The molecule has 1 aliphatic heterocycles. The van der Waals surface area contributed by atoms with E-state index < -0.39 is 6.04 Å². The Morgan fingerprint density at radius 3 is 2.38 bits per heavy atom. The molecule has 0 unspecified atom stereocenters. The van der Waals surface area contributed by atoms with Crippen LogP contribution in [0.3, 0.4) is 0 Å². The van der Waals surface area contributed by atoms with E-state index in [1.807, 2.05) is 18.2 Å².